The summed E-state index contributed by atoms with van der Waals surface area (Å²) in [6.45, 7) is 3.34. The van der Waals surface area contributed by atoms with E-state index >= 15 is 0 Å². The summed E-state index contributed by atoms with van der Waals surface area (Å²) in [4.78, 5) is 36.0. The summed E-state index contributed by atoms with van der Waals surface area (Å²) >= 11 is 0. The molecule has 35 heavy (non-hydrogen) atoms. The largest absolute Gasteiger partial charge is 0.508 e. The molecule has 0 bridgehead atoms. The highest BCUT2D eigenvalue weighted by Gasteiger charge is 2.25. The number of benzene rings is 4. The molecule has 4 aromatic carbocycles. The highest BCUT2D eigenvalue weighted by molar-refractivity contribution is 6.08. The summed E-state index contributed by atoms with van der Waals surface area (Å²) in [6, 6.07) is 16.6. The van der Waals surface area contributed by atoms with Gasteiger partial charge in [0.2, 0.25) is 5.91 Å². The number of aldehydes is 1. The van der Waals surface area contributed by atoms with E-state index in [-0.39, 0.29) is 17.6 Å². The first-order valence-electron chi connectivity index (χ1n) is 11.2. The third kappa shape index (κ3) is 3.73. The molecule has 0 saturated carbocycles. The van der Waals surface area contributed by atoms with Gasteiger partial charge in [-0.2, -0.15) is 0 Å². The maximum Gasteiger partial charge on any atom is 0.338 e. The van der Waals surface area contributed by atoms with Crippen LogP contribution in [0.2, 0.25) is 0 Å². The predicted molar refractivity (Wildman–Crippen MR) is 137 cm³/mol. The van der Waals surface area contributed by atoms with Gasteiger partial charge in [-0.3, -0.25) is 9.59 Å². The molecule has 0 radical (unpaired) electrons. The lowest BCUT2D eigenvalue weighted by Crippen LogP contribution is -2.07. The van der Waals surface area contributed by atoms with Gasteiger partial charge in [0.15, 0.2) is 0 Å². The SMILES string of the molecule is COC(=O)c1cc2cc(NC(C)=O)ccc2cc1-c1cc2c3c(c(O)ccc3c1)C(C)C(C=O)=C2. The minimum absolute atomic E-state index is 0.155. The molecule has 4 aromatic rings. The maximum absolute atomic E-state index is 12.8. The van der Waals surface area contributed by atoms with Crippen LogP contribution < -0.4 is 5.32 Å². The van der Waals surface area contributed by atoms with Gasteiger partial charge in [-0.25, -0.2) is 4.79 Å². The monoisotopic (exact) mass is 465 g/mol. The number of rotatable bonds is 4. The fraction of sp³-hybridized carbons (Fsp3) is 0.138. The number of anilines is 1. The number of amides is 1. The Balaban J connectivity index is 1.78. The molecule has 2 N–H and O–H groups in total. The van der Waals surface area contributed by atoms with Crippen LogP contribution in [0.25, 0.3) is 38.7 Å². The standard InChI is InChI=1S/C29H23NO5/c1-15-22(14-31)10-21-9-20(8-18-5-7-26(33)27(15)28(18)21)24-12-17-4-6-23(30-16(2)32)11-19(17)13-25(24)29(34)35-3/h4-15,33H,1-3H3,(H,30,32). The number of esters is 1. The summed E-state index contributed by atoms with van der Waals surface area (Å²) in [6.07, 6.45) is 2.66. The molecule has 6 heteroatoms. The minimum Gasteiger partial charge on any atom is -0.508 e. The predicted octanol–water partition coefficient (Wildman–Crippen LogP) is 5.81. The number of carbonyl (C=O) groups is 3. The van der Waals surface area contributed by atoms with E-state index in [0.717, 1.165) is 44.5 Å². The van der Waals surface area contributed by atoms with Crippen molar-refractivity contribution in [2.24, 2.45) is 0 Å². The summed E-state index contributed by atoms with van der Waals surface area (Å²) in [7, 11) is 1.34. The van der Waals surface area contributed by atoms with Gasteiger partial charge in [-0.15, -0.1) is 0 Å². The highest BCUT2D eigenvalue weighted by Crippen LogP contribution is 2.44. The van der Waals surface area contributed by atoms with Crippen LogP contribution in [0, 0.1) is 0 Å². The Labute approximate surface area is 201 Å². The number of nitrogens with one attached hydrogen (secondary N) is 1. The van der Waals surface area contributed by atoms with E-state index in [1.807, 2.05) is 55.5 Å². The van der Waals surface area contributed by atoms with Crippen LogP contribution in [0.15, 0.2) is 60.2 Å². The smallest absolute Gasteiger partial charge is 0.338 e. The van der Waals surface area contributed by atoms with Crippen LogP contribution in [0.5, 0.6) is 5.75 Å². The van der Waals surface area contributed by atoms with E-state index in [9.17, 15) is 19.5 Å². The zero-order chi connectivity index (χ0) is 24.9. The van der Waals surface area contributed by atoms with Crippen LogP contribution in [0.4, 0.5) is 5.69 Å². The number of hydrogen-bond acceptors (Lipinski definition) is 5. The lowest BCUT2D eigenvalue weighted by atomic mass is 9.80. The number of phenolic OH excluding ortho intramolecular Hbond substituents is 1. The molecular formula is C29H23NO5. The second-order valence-corrected chi connectivity index (χ2v) is 8.78. The van der Waals surface area contributed by atoms with Crippen molar-refractivity contribution in [3.63, 3.8) is 0 Å². The first-order chi connectivity index (χ1) is 16.8. The van der Waals surface area contributed by atoms with Crippen molar-refractivity contribution in [3.05, 3.63) is 76.9 Å². The number of aromatic hydroxyl groups is 1. The Hall–Kier alpha value is -4.45. The zero-order valence-corrected chi connectivity index (χ0v) is 19.5. The number of allylic oxidation sites excluding steroid dienone is 1. The fourth-order valence-corrected chi connectivity index (χ4v) is 4.93. The van der Waals surface area contributed by atoms with E-state index in [2.05, 4.69) is 5.32 Å². The molecule has 0 spiro atoms. The molecule has 1 aliphatic carbocycles. The van der Waals surface area contributed by atoms with Crippen molar-refractivity contribution in [1.82, 2.24) is 0 Å². The van der Waals surface area contributed by atoms with Crippen molar-refractivity contribution in [3.8, 4) is 16.9 Å². The van der Waals surface area contributed by atoms with Gasteiger partial charge in [-0.05, 0) is 92.3 Å². The summed E-state index contributed by atoms with van der Waals surface area (Å²) < 4.78 is 5.08. The minimum atomic E-state index is -0.482. The summed E-state index contributed by atoms with van der Waals surface area (Å²) in [5.41, 5.74) is 4.60. The van der Waals surface area contributed by atoms with Crippen molar-refractivity contribution in [1.29, 1.82) is 0 Å². The molecule has 0 saturated heterocycles. The number of hydrogen-bond donors (Lipinski definition) is 2. The first kappa shape index (κ1) is 22.3. The highest BCUT2D eigenvalue weighted by atomic mass is 16.5. The van der Waals surface area contributed by atoms with Crippen molar-refractivity contribution in [2.75, 3.05) is 12.4 Å². The van der Waals surface area contributed by atoms with E-state index in [1.54, 1.807) is 12.1 Å². The number of fused-ring (bicyclic) bond motifs is 1. The normalized spacial score (nSPS) is 14.5. The number of methoxy groups -OCH3 is 1. The van der Waals surface area contributed by atoms with Gasteiger partial charge in [0, 0.05) is 24.1 Å². The quantitative estimate of drug-likeness (QED) is 0.293. The Kier molecular flexibility index (Phi) is 5.36. The van der Waals surface area contributed by atoms with Gasteiger partial charge in [0.1, 0.15) is 12.0 Å². The van der Waals surface area contributed by atoms with E-state index in [1.165, 1.54) is 14.0 Å². The fourth-order valence-electron chi connectivity index (χ4n) is 4.93. The van der Waals surface area contributed by atoms with Crippen LogP contribution >= 0.6 is 0 Å². The van der Waals surface area contributed by atoms with Gasteiger partial charge in [-0.1, -0.05) is 19.1 Å². The molecule has 0 fully saturated rings. The van der Waals surface area contributed by atoms with Gasteiger partial charge in [0.05, 0.1) is 12.7 Å². The molecule has 1 unspecified atom stereocenters. The Bertz CT molecular complexity index is 1600. The topological polar surface area (TPSA) is 92.7 Å². The molecule has 1 aliphatic rings. The molecule has 1 atom stereocenters. The van der Waals surface area contributed by atoms with E-state index in [0.29, 0.717) is 22.4 Å². The van der Waals surface area contributed by atoms with Gasteiger partial charge < -0.3 is 15.2 Å². The van der Waals surface area contributed by atoms with E-state index in [4.69, 9.17) is 4.74 Å². The second-order valence-electron chi connectivity index (χ2n) is 8.78. The Morgan fingerprint density at radius 2 is 1.77 bits per heavy atom. The molecule has 0 aliphatic heterocycles. The average Bonchev–Trinajstić information content (AvgIpc) is 2.84. The molecular weight excluding hydrogens is 442 g/mol. The molecule has 1 amide bonds. The number of carbonyl (C=O) groups excluding carboxylic acids is 3. The van der Waals surface area contributed by atoms with E-state index < -0.39 is 5.97 Å². The van der Waals surface area contributed by atoms with Crippen molar-refractivity contribution in [2.45, 2.75) is 19.8 Å². The van der Waals surface area contributed by atoms with Crippen LogP contribution in [-0.2, 0) is 14.3 Å². The molecule has 0 heterocycles. The van der Waals surface area contributed by atoms with Gasteiger partial charge in [0.25, 0.3) is 0 Å². The van der Waals surface area contributed by atoms with Gasteiger partial charge >= 0.3 is 5.97 Å². The third-order valence-electron chi connectivity index (χ3n) is 6.57. The average molecular weight is 466 g/mol. The van der Waals surface area contributed by atoms with Crippen molar-refractivity contribution >= 4 is 51.5 Å². The molecule has 174 valence electrons. The Morgan fingerprint density at radius 1 is 1.00 bits per heavy atom. The molecule has 6 nitrogen and oxygen atoms in total. The summed E-state index contributed by atoms with van der Waals surface area (Å²) in [5.74, 6) is -0.729. The molecule has 5 rings (SSSR count). The van der Waals surface area contributed by atoms with Crippen LogP contribution in [0.3, 0.4) is 0 Å². The lowest BCUT2D eigenvalue weighted by molar-refractivity contribution is -0.114. The van der Waals surface area contributed by atoms with Crippen molar-refractivity contribution < 1.29 is 24.2 Å². The number of phenols is 1. The first-order valence-corrected chi connectivity index (χ1v) is 11.2. The molecule has 0 aromatic heterocycles. The maximum atomic E-state index is 12.8. The number of ether oxygens (including phenoxy) is 1. The van der Waals surface area contributed by atoms with Crippen LogP contribution in [-0.4, -0.2) is 30.4 Å². The third-order valence-corrected chi connectivity index (χ3v) is 6.57. The van der Waals surface area contributed by atoms with Crippen LogP contribution in [0.1, 0.15) is 41.3 Å². The lowest BCUT2D eigenvalue weighted by Gasteiger charge is -2.24. The Morgan fingerprint density at radius 3 is 2.49 bits per heavy atom. The second kappa shape index (κ2) is 8.40. The summed E-state index contributed by atoms with van der Waals surface area (Å²) in [5, 5.41) is 16.8. The zero-order valence-electron chi connectivity index (χ0n) is 19.5.